The number of piperidine rings is 1. The molecule has 1 atom stereocenters. The van der Waals surface area contributed by atoms with Gasteiger partial charge in [-0.25, -0.2) is 12.7 Å². The molecule has 1 aliphatic heterocycles. The second-order valence-corrected chi connectivity index (χ2v) is 6.51. The highest BCUT2D eigenvalue weighted by molar-refractivity contribution is 7.89. The molecule has 0 aliphatic carbocycles. The zero-order chi connectivity index (χ0) is 13.8. The molecular formula is C11H21NO5S. The van der Waals surface area contributed by atoms with Crippen LogP contribution in [0.25, 0.3) is 0 Å². The molecule has 1 fully saturated rings. The van der Waals surface area contributed by atoms with Gasteiger partial charge in [0.05, 0.1) is 12.7 Å². The van der Waals surface area contributed by atoms with Crippen LogP contribution in [-0.2, 0) is 19.6 Å². The Morgan fingerprint density at radius 1 is 1.44 bits per heavy atom. The summed E-state index contributed by atoms with van der Waals surface area (Å²) in [6.07, 6.45) is 0.833. The van der Waals surface area contributed by atoms with E-state index in [1.165, 1.54) is 4.31 Å². The Morgan fingerprint density at radius 2 is 2.00 bits per heavy atom. The van der Waals surface area contributed by atoms with Gasteiger partial charge in [-0.2, -0.15) is 0 Å². The summed E-state index contributed by atoms with van der Waals surface area (Å²) in [6.45, 7) is 4.25. The smallest absolute Gasteiger partial charge is 0.322 e. The van der Waals surface area contributed by atoms with Crippen LogP contribution in [0.5, 0.6) is 0 Å². The third kappa shape index (κ3) is 4.22. The molecule has 1 heterocycles. The minimum atomic E-state index is -3.58. The minimum absolute atomic E-state index is 0.138. The van der Waals surface area contributed by atoms with E-state index in [4.69, 9.17) is 0 Å². The van der Waals surface area contributed by atoms with Gasteiger partial charge < -0.3 is 9.84 Å². The van der Waals surface area contributed by atoms with Gasteiger partial charge in [-0.1, -0.05) is 0 Å². The van der Waals surface area contributed by atoms with E-state index in [1.807, 2.05) is 0 Å². The summed E-state index contributed by atoms with van der Waals surface area (Å²) >= 11 is 0. The highest BCUT2D eigenvalue weighted by Crippen LogP contribution is 2.22. The summed E-state index contributed by atoms with van der Waals surface area (Å²) in [5, 5.41) is 9.44. The van der Waals surface area contributed by atoms with Gasteiger partial charge in [-0.3, -0.25) is 4.79 Å². The van der Waals surface area contributed by atoms with Crippen LogP contribution >= 0.6 is 0 Å². The fourth-order valence-corrected chi connectivity index (χ4v) is 3.41. The van der Waals surface area contributed by atoms with Crippen LogP contribution in [0.1, 0.15) is 26.7 Å². The summed E-state index contributed by atoms with van der Waals surface area (Å²) in [5.41, 5.74) is 0. The van der Waals surface area contributed by atoms with Crippen molar-refractivity contribution in [1.29, 1.82) is 0 Å². The Balaban J connectivity index is 2.53. The van der Waals surface area contributed by atoms with E-state index in [1.54, 1.807) is 13.8 Å². The van der Waals surface area contributed by atoms with Crippen LogP contribution in [0.4, 0.5) is 0 Å². The number of hydrogen-bond acceptors (Lipinski definition) is 5. The third-order valence-electron chi connectivity index (χ3n) is 3.18. The Labute approximate surface area is 108 Å². The van der Waals surface area contributed by atoms with Gasteiger partial charge in [-0.05, 0) is 32.6 Å². The van der Waals surface area contributed by atoms with Gasteiger partial charge in [0, 0.05) is 13.1 Å². The highest BCUT2D eigenvalue weighted by Gasteiger charge is 2.31. The molecule has 1 unspecified atom stereocenters. The molecule has 1 aliphatic rings. The molecule has 0 aromatic rings. The maximum atomic E-state index is 11.9. The topological polar surface area (TPSA) is 83.9 Å². The average Bonchev–Trinajstić information content (AvgIpc) is 2.28. The number of aliphatic hydroxyl groups excluding tert-OH is 1. The Kier molecular flexibility index (Phi) is 5.55. The molecule has 106 valence electrons. The van der Waals surface area contributed by atoms with Gasteiger partial charge >= 0.3 is 5.97 Å². The first kappa shape index (κ1) is 15.4. The molecule has 0 aromatic heterocycles. The van der Waals surface area contributed by atoms with E-state index >= 15 is 0 Å². The van der Waals surface area contributed by atoms with Gasteiger partial charge in [0.15, 0.2) is 5.75 Å². The van der Waals surface area contributed by atoms with Crippen LogP contribution in [0, 0.1) is 5.92 Å². The maximum Gasteiger partial charge on any atom is 0.322 e. The van der Waals surface area contributed by atoms with Crippen molar-refractivity contribution < 1.29 is 23.1 Å². The summed E-state index contributed by atoms with van der Waals surface area (Å²) < 4.78 is 29.8. The fraction of sp³-hybridized carbons (Fsp3) is 0.909. The van der Waals surface area contributed by atoms with E-state index in [0.717, 1.165) is 0 Å². The van der Waals surface area contributed by atoms with Crippen LogP contribution < -0.4 is 0 Å². The van der Waals surface area contributed by atoms with E-state index in [-0.39, 0.29) is 12.5 Å². The van der Waals surface area contributed by atoms with E-state index in [2.05, 4.69) is 4.74 Å². The number of rotatable bonds is 5. The number of carbonyl (C=O) groups is 1. The number of carbonyl (C=O) groups excluding carboxylic acids is 1. The van der Waals surface area contributed by atoms with Crippen molar-refractivity contribution in [3.63, 3.8) is 0 Å². The zero-order valence-electron chi connectivity index (χ0n) is 10.8. The quantitative estimate of drug-likeness (QED) is 0.715. The molecule has 1 N–H and O–H groups in total. The lowest BCUT2D eigenvalue weighted by Gasteiger charge is -2.32. The monoisotopic (exact) mass is 279 g/mol. The second kappa shape index (κ2) is 6.49. The highest BCUT2D eigenvalue weighted by atomic mass is 32.2. The van der Waals surface area contributed by atoms with Crippen molar-refractivity contribution in [2.75, 3.05) is 25.4 Å². The number of sulfonamides is 1. The normalized spacial score (nSPS) is 20.6. The SMILES string of the molecule is CCOC(=O)CS(=O)(=O)N1CCC(C(C)O)CC1. The molecule has 0 saturated carbocycles. The number of hydrogen-bond donors (Lipinski definition) is 1. The molecule has 1 rings (SSSR count). The van der Waals surface area contributed by atoms with Gasteiger partial charge in [-0.15, -0.1) is 0 Å². The van der Waals surface area contributed by atoms with Gasteiger partial charge in [0.1, 0.15) is 0 Å². The van der Waals surface area contributed by atoms with Crippen molar-refractivity contribution in [2.45, 2.75) is 32.8 Å². The molecule has 0 bridgehead atoms. The molecule has 6 nitrogen and oxygen atoms in total. The van der Waals surface area contributed by atoms with E-state index < -0.39 is 27.8 Å². The first-order valence-electron chi connectivity index (χ1n) is 6.18. The molecule has 0 amide bonds. The minimum Gasteiger partial charge on any atom is -0.465 e. The lowest BCUT2D eigenvalue weighted by molar-refractivity contribution is -0.140. The van der Waals surface area contributed by atoms with Crippen LogP contribution in [0.15, 0.2) is 0 Å². The first-order valence-corrected chi connectivity index (χ1v) is 7.79. The largest absolute Gasteiger partial charge is 0.465 e. The maximum absolute atomic E-state index is 11.9. The lowest BCUT2D eigenvalue weighted by Crippen LogP contribution is -2.43. The number of ether oxygens (including phenoxy) is 1. The average molecular weight is 279 g/mol. The van der Waals surface area contributed by atoms with Crippen LogP contribution in [0.3, 0.4) is 0 Å². The standard InChI is InChI=1S/C11H21NO5S/c1-3-17-11(14)8-18(15,16)12-6-4-10(5-7-12)9(2)13/h9-10,13H,3-8H2,1-2H3. The number of aliphatic hydroxyl groups is 1. The first-order chi connectivity index (χ1) is 8.36. The van der Waals surface area contributed by atoms with E-state index in [9.17, 15) is 18.3 Å². The molecular weight excluding hydrogens is 258 g/mol. The van der Waals surface area contributed by atoms with Crippen molar-refractivity contribution in [1.82, 2.24) is 4.31 Å². The Morgan fingerprint density at radius 3 is 2.44 bits per heavy atom. The van der Waals surface area contributed by atoms with Crippen molar-refractivity contribution in [3.05, 3.63) is 0 Å². The molecule has 1 saturated heterocycles. The van der Waals surface area contributed by atoms with Crippen LogP contribution in [0.2, 0.25) is 0 Å². The lowest BCUT2D eigenvalue weighted by atomic mass is 9.93. The van der Waals surface area contributed by atoms with Crippen molar-refractivity contribution in [3.8, 4) is 0 Å². The summed E-state index contributed by atoms with van der Waals surface area (Å²) in [4.78, 5) is 11.2. The number of esters is 1. The van der Waals surface area contributed by atoms with Crippen molar-refractivity contribution >= 4 is 16.0 Å². The molecule has 18 heavy (non-hydrogen) atoms. The molecule has 0 aromatic carbocycles. The summed E-state index contributed by atoms with van der Waals surface area (Å²) in [6, 6.07) is 0. The molecule has 7 heteroatoms. The van der Waals surface area contributed by atoms with Gasteiger partial charge in [0.25, 0.3) is 0 Å². The second-order valence-electron chi connectivity index (χ2n) is 4.54. The van der Waals surface area contributed by atoms with Crippen LogP contribution in [-0.4, -0.2) is 55.4 Å². The Hall–Kier alpha value is -0.660. The Bertz CT molecular complexity index is 371. The van der Waals surface area contributed by atoms with E-state index in [0.29, 0.717) is 25.9 Å². The third-order valence-corrected chi connectivity index (χ3v) is 4.93. The van der Waals surface area contributed by atoms with Gasteiger partial charge in [0.2, 0.25) is 10.0 Å². The summed E-state index contributed by atoms with van der Waals surface area (Å²) in [5.74, 6) is -1.17. The predicted octanol–water partition coefficient (Wildman–Crippen LogP) is -0.0279. The van der Waals surface area contributed by atoms with Crippen molar-refractivity contribution in [2.24, 2.45) is 5.92 Å². The fourth-order valence-electron chi connectivity index (χ4n) is 2.08. The molecule has 0 spiro atoms. The predicted molar refractivity (Wildman–Crippen MR) is 66.4 cm³/mol. The molecule has 0 radical (unpaired) electrons. The number of nitrogens with zero attached hydrogens (tertiary/aromatic N) is 1. The zero-order valence-corrected chi connectivity index (χ0v) is 11.6. The summed E-state index contributed by atoms with van der Waals surface area (Å²) in [7, 11) is -3.58.